The second-order valence-electron chi connectivity index (χ2n) is 7.39. The molecule has 0 saturated heterocycles. The van der Waals surface area contributed by atoms with Crippen LogP contribution in [0.5, 0.6) is 0 Å². The minimum atomic E-state index is -0.439. The minimum Gasteiger partial charge on any atom is -0.449 e. The summed E-state index contributed by atoms with van der Waals surface area (Å²) in [5.74, 6) is 0.0512. The van der Waals surface area contributed by atoms with Gasteiger partial charge in [0, 0.05) is 12.5 Å². The topological polar surface area (TPSA) is 90.4 Å². The summed E-state index contributed by atoms with van der Waals surface area (Å²) < 4.78 is 10.8. The van der Waals surface area contributed by atoms with Gasteiger partial charge in [-0.25, -0.2) is 4.79 Å². The summed E-state index contributed by atoms with van der Waals surface area (Å²) in [6.45, 7) is 0.656. The van der Waals surface area contributed by atoms with Crippen molar-refractivity contribution in [3.05, 3.63) is 89.5 Å². The molecule has 0 atom stereocenters. The molecule has 1 heterocycles. The van der Waals surface area contributed by atoms with Crippen LogP contribution < -0.4 is 11.1 Å². The van der Waals surface area contributed by atoms with Crippen molar-refractivity contribution in [3.8, 4) is 11.1 Å². The first-order valence-corrected chi connectivity index (χ1v) is 10.1. The number of ether oxygens (including phenoxy) is 1. The highest BCUT2D eigenvalue weighted by atomic mass is 16.5. The van der Waals surface area contributed by atoms with Crippen LogP contribution in [-0.2, 0) is 4.74 Å². The number of aromatic nitrogens is 1. The summed E-state index contributed by atoms with van der Waals surface area (Å²) in [6.07, 6.45) is 3.31. The molecule has 4 aromatic rings. The third kappa shape index (κ3) is 3.75. The molecule has 5 rings (SSSR count). The molecular weight excluding hydrogens is 390 g/mol. The maximum Gasteiger partial charge on any atom is 0.407 e. The second kappa shape index (κ2) is 7.99. The molecule has 1 amide bonds. The van der Waals surface area contributed by atoms with E-state index in [1.807, 2.05) is 54.6 Å². The molecule has 0 fully saturated rings. The van der Waals surface area contributed by atoms with E-state index in [0.29, 0.717) is 24.3 Å². The van der Waals surface area contributed by atoms with E-state index in [0.717, 1.165) is 5.56 Å². The van der Waals surface area contributed by atoms with Crippen LogP contribution in [0.15, 0.2) is 77.2 Å². The van der Waals surface area contributed by atoms with Crippen LogP contribution in [-0.4, -0.2) is 24.2 Å². The van der Waals surface area contributed by atoms with Crippen LogP contribution in [0.1, 0.15) is 22.6 Å². The minimum absolute atomic E-state index is 0.0512. The van der Waals surface area contributed by atoms with E-state index in [4.69, 9.17) is 14.9 Å². The number of oxazole rings is 1. The Morgan fingerprint density at radius 1 is 1.06 bits per heavy atom. The fourth-order valence-electron chi connectivity index (χ4n) is 4.05. The lowest BCUT2D eigenvalue weighted by Crippen LogP contribution is -2.26. The lowest BCUT2D eigenvalue weighted by molar-refractivity contribution is 0.144. The molecule has 154 valence electrons. The molecule has 1 aromatic heterocycles. The highest BCUT2D eigenvalue weighted by molar-refractivity contribution is 5.79. The number of nitrogens with zero attached hydrogens (tertiary/aromatic N) is 1. The number of rotatable bonds is 5. The summed E-state index contributed by atoms with van der Waals surface area (Å²) >= 11 is 0. The van der Waals surface area contributed by atoms with Crippen LogP contribution >= 0.6 is 0 Å². The Kier molecular flexibility index (Phi) is 4.88. The van der Waals surface area contributed by atoms with E-state index < -0.39 is 6.09 Å². The summed E-state index contributed by atoms with van der Waals surface area (Å²) in [5, 5.41) is 2.76. The number of carbonyl (C=O) groups is 1. The average molecular weight is 411 g/mol. The molecule has 0 saturated carbocycles. The molecule has 0 bridgehead atoms. The number of amides is 1. The zero-order valence-electron chi connectivity index (χ0n) is 16.7. The molecule has 0 radical (unpaired) electrons. The van der Waals surface area contributed by atoms with Gasteiger partial charge in [0.15, 0.2) is 5.58 Å². The number of anilines is 1. The first-order valence-electron chi connectivity index (χ1n) is 10.1. The van der Waals surface area contributed by atoms with E-state index in [1.54, 1.807) is 0 Å². The van der Waals surface area contributed by atoms with Crippen LogP contribution in [0.3, 0.4) is 0 Å². The highest BCUT2D eigenvalue weighted by Crippen LogP contribution is 2.44. The first-order chi connectivity index (χ1) is 15.2. The van der Waals surface area contributed by atoms with Crippen molar-refractivity contribution in [1.29, 1.82) is 0 Å². The number of fused-ring (bicyclic) bond motifs is 4. The standard InChI is InChI=1S/C25H21N3O3/c26-24-28-22-14-16(11-12-23(22)31-24)6-5-13-27-25(29)30-15-21-19-9-3-1-7-17(19)18-8-2-4-10-20(18)21/h1-12,14,21H,13,15H2,(H2,26,28)(H,27,29). The van der Waals surface area contributed by atoms with Gasteiger partial charge in [-0.05, 0) is 39.9 Å². The third-order valence-electron chi connectivity index (χ3n) is 5.45. The second-order valence-corrected chi connectivity index (χ2v) is 7.39. The predicted molar refractivity (Wildman–Crippen MR) is 121 cm³/mol. The number of hydrogen-bond donors (Lipinski definition) is 2. The van der Waals surface area contributed by atoms with E-state index in [2.05, 4.69) is 34.6 Å². The van der Waals surface area contributed by atoms with Crippen molar-refractivity contribution in [2.75, 3.05) is 18.9 Å². The SMILES string of the molecule is Nc1nc2cc(C=CCNC(=O)OCC3c4ccccc4-c4ccccc43)ccc2o1. The van der Waals surface area contributed by atoms with Crippen molar-refractivity contribution in [3.63, 3.8) is 0 Å². The van der Waals surface area contributed by atoms with E-state index >= 15 is 0 Å². The zero-order chi connectivity index (χ0) is 21.2. The van der Waals surface area contributed by atoms with Gasteiger partial charge in [0.25, 0.3) is 6.01 Å². The van der Waals surface area contributed by atoms with Gasteiger partial charge < -0.3 is 20.2 Å². The molecule has 3 N–H and O–H groups in total. The lowest BCUT2D eigenvalue weighted by atomic mass is 9.98. The Hall–Kier alpha value is -4.06. The van der Waals surface area contributed by atoms with Crippen LogP contribution in [0, 0.1) is 0 Å². The monoisotopic (exact) mass is 411 g/mol. The Balaban J connectivity index is 1.17. The molecule has 1 aliphatic rings. The maximum absolute atomic E-state index is 12.2. The first kappa shape index (κ1) is 18.9. The zero-order valence-corrected chi connectivity index (χ0v) is 16.7. The largest absolute Gasteiger partial charge is 0.449 e. The van der Waals surface area contributed by atoms with Crippen molar-refractivity contribution in [2.24, 2.45) is 0 Å². The molecule has 6 heteroatoms. The summed E-state index contributed by atoms with van der Waals surface area (Å²) in [7, 11) is 0. The van der Waals surface area contributed by atoms with Gasteiger partial charge in [-0.2, -0.15) is 4.98 Å². The lowest BCUT2D eigenvalue weighted by Gasteiger charge is -2.14. The molecule has 6 nitrogen and oxygen atoms in total. The van der Waals surface area contributed by atoms with Gasteiger partial charge in [-0.15, -0.1) is 0 Å². The van der Waals surface area contributed by atoms with Crippen molar-refractivity contribution >= 4 is 29.3 Å². The number of nitrogen functional groups attached to an aromatic ring is 1. The molecule has 0 spiro atoms. The van der Waals surface area contributed by atoms with Crippen LogP contribution in [0.25, 0.3) is 28.3 Å². The quantitative estimate of drug-likeness (QED) is 0.484. The van der Waals surface area contributed by atoms with Gasteiger partial charge in [-0.3, -0.25) is 0 Å². The van der Waals surface area contributed by atoms with E-state index in [-0.39, 0.29) is 11.9 Å². The molecule has 0 aliphatic heterocycles. The van der Waals surface area contributed by atoms with E-state index in [1.165, 1.54) is 22.3 Å². The van der Waals surface area contributed by atoms with Gasteiger partial charge in [-0.1, -0.05) is 66.7 Å². The van der Waals surface area contributed by atoms with Crippen molar-refractivity contribution in [1.82, 2.24) is 10.3 Å². The Morgan fingerprint density at radius 2 is 1.77 bits per heavy atom. The fourth-order valence-corrected chi connectivity index (χ4v) is 4.05. The summed E-state index contributed by atoms with van der Waals surface area (Å²) in [5.41, 5.74) is 12.7. The molecule has 3 aromatic carbocycles. The number of nitrogens with two attached hydrogens (primary N) is 1. The van der Waals surface area contributed by atoms with Gasteiger partial charge in [0.1, 0.15) is 12.1 Å². The van der Waals surface area contributed by atoms with E-state index in [9.17, 15) is 4.79 Å². The van der Waals surface area contributed by atoms with Crippen LogP contribution in [0.2, 0.25) is 0 Å². The Bertz CT molecular complexity index is 1250. The number of nitrogens with one attached hydrogen (secondary N) is 1. The van der Waals surface area contributed by atoms with Crippen molar-refractivity contribution in [2.45, 2.75) is 5.92 Å². The molecule has 0 unspecified atom stereocenters. The van der Waals surface area contributed by atoms with Crippen molar-refractivity contribution < 1.29 is 13.9 Å². The number of alkyl carbamates (subject to hydrolysis) is 1. The number of hydrogen-bond acceptors (Lipinski definition) is 5. The van der Waals surface area contributed by atoms with Crippen LogP contribution in [0.4, 0.5) is 10.8 Å². The third-order valence-corrected chi connectivity index (χ3v) is 5.45. The normalized spacial score (nSPS) is 12.8. The Morgan fingerprint density at radius 3 is 2.52 bits per heavy atom. The molecule has 31 heavy (non-hydrogen) atoms. The maximum atomic E-state index is 12.2. The predicted octanol–water partition coefficient (Wildman–Crippen LogP) is 4.96. The van der Waals surface area contributed by atoms with Gasteiger partial charge in [0.05, 0.1) is 0 Å². The molecular formula is C25H21N3O3. The van der Waals surface area contributed by atoms with Gasteiger partial charge >= 0.3 is 6.09 Å². The smallest absolute Gasteiger partial charge is 0.407 e. The fraction of sp³-hybridized carbons (Fsp3) is 0.120. The van der Waals surface area contributed by atoms with Gasteiger partial charge in [0.2, 0.25) is 0 Å². The average Bonchev–Trinajstić information content (AvgIpc) is 3.32. The summed E-state index contributed by atoms with van der Waals surface area (Å²) in [6, 6.07) is 22.3. The molecule has 1 aliphatic carbocycles. The number of carbonyl (C=O) groups excluding carboxylic acids is 1. The highest BCUT2D eigenvalue weighted by Gasteiger charge is 2.28. The number of benzene rings is 3. The Labute approximate surface area is 179 Å². The summed E-state index contributed by atoms with van der Waals surface area (Å²) in [4.78, 5) is 16.3.